The van der Waals surface area contributed by atoms with Crippen molar-refractivity contribution in [1.82, 2.24) is 14.8 Å². The molecule has 0 saturated heterocycles. The Bertz CT molecular complexity index is 1380. The third kappa shape index (κ3) is 2.91. The fourth-order valence-electron chi connectivity index (χ4n) is 4.46. The lowest BCUT2D eigenvalue weighted by molar-refractivity contribution is 0.218. The van der Waals surface area contributed by atoms with Crippen LogP contribution in [0.1, 0.15) is 34.4 Å². The molecule has 3 heterocycles. The Morgan fingerprint density at radius 2 is 1.88 bits per heavy atom. The highest BCUT2D eigenvalue weighted by atomic mass is 35.5. The van der Waals surface area contributed by atoms with Crippen molar-refractivity contribution in [2.75, 3.05) is 5.32 Å². The minimum atomic E-state index is -0.656. The molecule has 0 spiro atoms. The third-order valence-electron chi connectivity index (χ3n) is 5.96. The maximum atomic E-state index is 15.0. The van der Waals surface area contributed by atoms with Gasteiger partial charge in [-0.2, -0.15) is 10.1 Å². The molecule has 7 heteroatoms. The van der Waals surface area contributed by atoms with Crippen molar-refractivity contribution >= 4 is 23.2 Å². The molecular weight excluding hydrogens is 427 g/mol. The Balaban J connectivity index is 1.65. The summed E-state index contributed by atoms with van der Waals surface area (Å²) in [5.74, 6) is 0.910. The molecule has 1 aromatic heterocycles. The lowest BCUT2D eigenvalue weighted by Gasteiger charge is -2.39. The zero-order valence-corrected chi connectivity index (χ0v) is 17.8. The fraction of sp³-hybridized carbons (Fsp3) is 0.120. The lowest BCUT2D eigenvalue weighted by Crippen LogP contribution is -2.32. The molecule has 0 bridgehead atoms. The van der Waals surface area contributed by atoms with Crippen molar-refractivity contribution in [3.63, 3.8) is 0 Å². The molecule has 0 saturated carbocycles. The number of aromatic nitrogens is 3. The van der Waals surface area contributed by atoms with E-state index in [1.54, 1.807) is 18.2 Å². The van der Waals surface area contributed by atoms with Gasteiger partial charge in [0.05, 0.1) is 5.70 Å². The highest BCUT2D eigenvalue weighted by Gasteiger charge is 2.41. The van der Waals surface area contributed by atoms with E-state index < -0.39 is 6.10 Å². The standard InChI is InChI=1S/C25H18ClFN4O/c1-14-6-8-15(9-7-14)23-21-22(30-25-28-13-29-31(23)25)18-12-16(26)10-11-20(18)32-24(21)17-4-2-3-5-19(17)27/h2-13,23-24H,1H3,(H,28,29,30)/t23-,24-/m0/s1. The van der Waals surface area contributed by atoms with Crippen LogP contribution in [0.3, 0.4) is 0 Å². The molecule has 0 unspecified atom stereocenters. The van der Waals surface area contributed by atoms with Gasteiger partial charge in [-0.15, -0.1) is 0 Å². The summed E-state index contributed by atoms with van der Waals surface area (Å²) in [5.41, 5.74) is 5.10. The van der Waals surface area contributed by atoms with Crippen LogP contribution < -0.4 is 10.1 Å². The number of anilines is 1. The molecule has 2 aliphatic rings. The van der Waals surface area contributed by atoms with Gasteiger partial charge in [-0.05, 0) is 36.8 Å². The molecule has 6 rings (SSSR count). The Kier molecular flexibility index (Phi) is 4.30. The molecule has 2 aliphatic heterocycles. The molecule has 158 valence electrons. The van der Waals surface area contributed by atoms with Gasteiger partial charge >= 0.3 is 0 Å². The summed E-state index contributed by atoms with van der Waals surface area (Å²) >= 11 is 6.34. The van der Waals surface area contributed by atoms with Gasteiger partial charge in [0.1, 0.15) is 23.9 Å². The van der Waals surface area contributed by atoms with Gasteiger partial charge in [-0.25, -0.2) is 9.07 Å². The fourth-order valence-corrected chi connectivity index (χ4v) is 4.63. The number of hydrogen-bond acceptors (Lipinski definition) is 4. The second-order valence-electron chi connectivity index (χ2n) is 7.96. The topological polar surface area (TPSA) is 52.0 Å². The quantitative estimate of drug-likeness (QED) is 0.415. The van der Waals surface area contributed by atoms with E-state index in [1.807, 2.05) is 29.8 Å². The van der Waals surface area contributed by atoms with Gasteiger partial charge in [0, 0.05) is 21.7 Å². The first-order valence-corrected chi connectivity index (χ1v) is 10.7. The molecule has 4 aromatic rings. The zero-order chi connectivity index (χ0) is 21.8. The van der Waals surface area contributed by atoms with E-state index in [0.717, 1.165) is 28.0 Å². The molecule has 3 aromatic carbocycles. The number of fused-ring (bicyclic) bond motifs is 3. The second kappa shape index (κ2) is 7.21. The number of nitrogens with zero attached hydrogens (tertiary/aromatic N) is 3. The first-order chi connectivity index (χ1) is 15.6. The van der Waals surface area contributed by atoms with E-state index in [2.05, 4.69) is 39.7 Å². The van der Waals surface area contributed by atoms with Gasteiger partial charge in [-0.1, -0.05) is 59.6 Å². The average molecular weight is 445 g/mol. The maximum Gasteiger partial charge on any atom is 0.226 e. The van der Waals surface area contributed by atoms with Crippen LogP contribution in [0.5, 0.6) is 5.75 Å². The van der Waals surface area contributed by atoms with E-state index in [-0.39, 0.29) is 11.9 Å². The summed E-state index contributed by atoms with van der Waals surface area (Å²) in [6.45, 7) is 2.04. The third-order valence-corrected chi connectivity index (χ3v) is 6.19. The molecule has 2 atom stereocenters. The van der Waals surface area contributed by atoms with Crippen molar-refractivity contribution in [3.05, 3.63) is 112 Å². The maximum absolute atomic E-state index is 15.0. The molecule has 0 amide bonds. The number of nitrogens with one attached hydrogen (secondary N) is 1. The van der Waals surface area contributed by atoms with Gasteiger partial charge in [0.15, 0.2) is 6.10 Å². The van der Waals surface area contributed by atoms with Crippen LogP contribution in [-0.4, -0.2) is 14.8 Å². The van der Waals surface area contributed by atoms with E-state index in [1.165, 1.54) is 12.4 Å². The number of rotatable bonds is 2. The van der Waals surface area contributed by atoms with Crippen LogP contribution in [-0.2, 0) is 0 Å². The second-order valence-corrected chi connectivity index (χ2v) is 8.39. The summed E-state index contributed by atoms with van der Waals surface area (Å²) in [6, 6.07) is 20.1. The lowest BCUT2D eigenvalue weighted by atomic mass is 9.84. The predicted octanol–water partition coefficient (Wildman–Crippen LogP) is 5.94. The van der Waals surface area contributed by atoms with Gasteiger partial charge in [0.2, 0.25) is 5.95 Å². The molecule has 0 fully saturated rings. The van der Waals surface area contributed by atoms with Crippen LogP contribution in [0, 0.1) is 12.7 Å². The number of aryl methyl sites for hydroxylation is 1. The smallest absolute Gasteiger partial charge is 0.226 e. The summed E-state index contributed by atoms with van der Waals surface area (Å²) in [7, 11) is 0. The van der Waals surface area contributed by atoms with Crippen molar-refractivity contribution in [1.29, 1.82) is 0 Å². The first kappa shape index (κ1) is 19.1. The predicted molar refractivity (Wildman–Crippen MR) is 121 cm³/mol. The summed E-state index contributed by atoms with van der Waals surface area (Å²) < 4.78 is 23.3. The Labute approximate surface area is 189 Å². The number of ether oxygens (including phenoxy) is 1. The molecule has 0 aliphatic carbocycles. The zero-order valence-electron chi connectivity index (χ0n) is 17.1. The molecule has 32 heavy (non-hydrogen) atoms. The monoisotopic (exact) mass is 444 g/mol. The van der Waals surface area contributed by atoms with Gasteiger partial charge in [-0.3, -0.25) is 0 Å². The minimum Gasteiger partial charge on any atom is -0.480 e. The van der Waals surface area contributed by atoms with E-state index in [0.29, 0.717) is 22.3 Å². The molecular formula is C25H18ClFN4O. The summed E-state index contributed by atoms with van der Waals surface area (Å²) in [4.78, 5) is 4.41. The largest absolute Gasteiger partial charge is 0.480 e. The number of halogens is 2. The van der Waals surface area contributed by atoms with Crippen molar-refractivity contribution in [2.24, 2.45) is 0 Å². The number of hydrogen-bond donors (Lipinski definition) is 1. The first-order valence-electron chi connectivity index (χ1n) is 10.3. The Morgan fingerprint density at radius 1 is 1.06 bits per heavy atom. The Morgan fingerprint density at radius 3 is 2.69 bits per heavy atom. The SMILES string of the molecule is Cc1ccc([C@H]2C3=C(Nc4ncnn42)c2cc(Cl)ccc2O[C@H]3c2ccccc2F)cc1. The highest BCUT2D eigenvalue weighted by molar-refractivity contribution is 6.30. The van der Waals surface area contributed by atoms with Gasteiger partial charge in [0.25, 0.3) is 0 Å². The molecule has 1 N–H and O–H groups in total. The van der Waals surface area contributed by atoms with Crippen molar-refractivity contribution < 1.29 is 9.13 Å². The normalized spacial score (nSPS) is 18.8. The van der Waals surface area contributed by atoms with Crippen molar-refractivity contribution in [3.8, 4) is 5.75 Å². The van der Waals surface area contributed by atoms with Crippen LogP contribution in [0.25, 0.3) is 5.70 Å². The van der Waals surface area contributed by atoms with Crippen LogP contribution >= 0.6 is 11.6 Å². The minimum absolute atomic E-state index is 0.325. The Hall–Kier alpha value is -3.64. The summed E-state index contributed by atoms with van der Waals surface area (Å²) in [6.07, 6.45) is 0.857. The summed E-state index contributed by atoms with van der Waals surface area (Å²) in [5, 5.41) is 8.47. The van der Waals surface area contributed by atoms with E-state index in [4.69, 9.17) is 16.3 Å². The number of benzene rings is 3. The highest BCUT2D eigenvalue weighted by Crippen LogP contribution is 2.51. The van der Waals surface area contributed by atoms with Crippen molar-refractivity contribution in [2.45, 2.75) is 19.1 Å². The van der Waals surface area contributed by atoms with Crippen LogP contribution in [0.4, 0.5) is 10.3 Å². The van der Waals surface area contributed by atoms with Gasteiger partial charge < -0.3 is 10.1 Å². The van der Waals surface area contributed by atoms with Crippen LogP contribution in [0.15, 0.2) is 78.6 Å². The van der Waals surface area contributed by atoms with E-state index >= 15 is 4.39 Å². The van der Waals surface area contributed by atoms with E-state index in [9.17, 15) is 0 Å². The average Bonchev–Trinajstić information content (AvgIpc) is 3.27. The molecule has 0 radical (unpaired) electrons. The van der Waals surface area contributed by atoms with Crippen LogP contribution in [0.2, 0.25) is 5.02 Å². The molecule has 5 nitrogen and oxygen atoms in total.